The number of H-pyrrole nitrogens is 1. The number of hydrogen-bond acceptors (Lipinski definition) is 4. The van der Waals surface area contributed by atoms with Crippen molar-refractivity contribution in [2.75, 3.05) is 0 Å². The number of imidazole rings is 1. The van der Waals surface area contributed by atoms with Crippen LogP contribution in [0.4, 0.5) is 0 Å². The summed E-state index contributed by atoms with van der Waals surface area (Å²) in [6.45, 7) is 0. The number of rotatable bonds is 5. The van der Waals surface area contributed by atoms with Crippen LogP contribution in [0.25, 0.3) is 0 Å². The zero-order chi connectivity index (χ0) is 15.4. The van der Waals surface area contributed by atoms with E-state index in [0.717, 1.165) is 0 Å². The van der Waals surface area contributed by atoms with Crippen LogP contribution in [0.1, 0.15) is 16.1 Å². The molecule has 1 unspecified atom stereocenters. The Kier molecular flexibility index (Phi) is 4.78. The molecule has 1 atom stereocenters. The number of hydrogen-bond donors (Lipinski definition) is 4. The highest BCUT2D eigenvalue weighted by molar-refractivity contribution is 14.1. The molecule has 0 aliphatic carbocycles. The Morgan fingerprint density at radius 2 is 2.19 bits per heavy atom. The number of halogens is 1. The van der Waals surface area contributed by atoms with E-state index in [9.17, 15) is 14.7 Å². The van der Waals surface area contributed by atoms with Crippen molar-refractivity contribution < 1.29 is 19.8 Å². The maximum absolute atomic E-state index is 12.0. The van der Waals surface area contributed by atoms with Crippen LogP contribution in [0.3, 0.4) is 0 Å². The topological polar surface area (TPSA) is 115 Å². The van der Waals surface area contributed by atoms with E-state index in [4.69, 9.17) is 5.11 Å². The lowest BCUT2D eigenvalue weighted by Gasteiger charge is -2.14. The first-order valence-corrected chi connectivity index (χ1v) is 7.04. The molecular weight excluding hydrogens is 389 g/mol. The number of carboxylic acids is 1. The van der Waals surface area contributed by atoms with Crippen LogP contribution in [-0.4, -0.2) is 38.1 Å². The highest BCUT2D eigenvalue weighted by atomic mass is 127. The monoisotopic (exact) mass is 401 g/mol. The van der Waals surface area contributed by atoms with Gasteiger partial charge in [0.15, 0.2) is 0 Å². The number of carboxylic acid groups (broad SMARTS) is 1. The summed E-state index contributed by atoms with van der Waals surface area (Å²) in [5.41, 5.74) is 0.803. The Morgan fingerprint density at radius 3 is 2.76 bits per heavy atom. The molecule has 2 aromatic rings. The number of amides is 1. The van der Waals surface area contributed by atoms with Crippen molar-refractivity contribution in [3.8, 4) is 5.75 Å². The summed E-state index contributed by atoms with van der Waals surface area (Å²) in [5.74, 6) is -1.73. The third kappa shape index (κ3) is 3.94. The highest BCUT2D eigenvalue weighted by Gasteiger charge is 2.22. The van der Waals surface area contributed by atoms with Crippen LogP contribution < -0.4 is 5.32 Å². The van der Waals surface area contributed by atoms with Crippen LogP contribution in [0, 0.1) is 3.57 Å². The SMILES string of the molecule is O=C(NC(Cc1cnc[nH]1)C(=O)O)c1ccc(I)c(O)c1. The van der Waals surface area contributed by atoms with E-state index in [-0.39, 0.29) is 17.7 Å². The smallest absolute Gasteiger partial charge is 0.326 e. The molecule has 0 aliphatic rings. The summed E-state index contributed by atoms with van der Waals surface area (Å²) < 4.78 is 0.608. The molecule has 8 heteroatoms. The number of phenolic OH excluding ortho intramolecular Hbond substituents is 1. The van der Waals surface area contributed by atoms with E-state index in [0.29, 0.717) is 9.26 Å². The van der Waals surface area contributed by atoms with Crippen molar-refractivity contribution in [1.29, 1.82) is 0 Å². The van der Waals surface area contributed by atoms with Crippen LogP contribution in [0.15, 0.2) is 30.7 Å². The van der Waals surface area contributed by atoms with Crippen LogP contribution >= 0.6 is 22.6 Å². The fourth-order valence-corrected chi connectivity index (χ4v) is 2.05. The second-order valence-electron chi connectivity index (χ2n) is 4.31. The number of phenols is 1. The molecule has 7 nitrogen and oxygen atoms in total. The number of aliphatic carboxylic acids is 1. The number of carbonyl (C=O) groups is 2. The van der Waals surface area contributed by atoms with Crippen molar-refractivity contribution in [2.24, 2.45) is 0 Å². The Labute approximate surface area is 133 Å². The minimum absolute atomic E-state index is 0.0244. The Bertz CT molecular complexity index is 657. The van der Waals surface area contributed by atoms with Gasteiger partial charge in [-0.15, -0.1) is 0 Å². The van der Waals surface area contributed by atoms with E-state index in [2.05, 4.69) is 15.3 Å². The number of aromatic amines is 1. The maximum atomic E-state index is 12.0. The van der Waals surface area contributed by atoms with Crippen molar-refractivity contribution in [1.82, 2.24) is 15.3 Å². The van der Waals surface area contributed by atoms with E-state index in [1.807, 2.05) is 22.6 Å². The molecule has 1 amide bonds. The van der Waals surface area contributed by atoms with Gasteiger partial charge in [-0.05, 0) is 40.8 Å². The van der Waals surface area contributed by atoms with Crippen LogP contribution in [0.2, 0.25) is 0 Å². The Hall–Kier alpha value is -2.10. The minimum atomic E-state index is -1.15. The van der Waals surface area contributed by atoms with Gasteiger partial charge >= 0.3 is 5.97 Å². The largest absolute Gasteiger partial charge is 0.507 e. The molecule has 110 valence electrons. The van der Waals surface area contributed by atoms with Gasteiger partial charge in [0, 0.05) is 23.9 Å². The number of nitrogens with zero attached hydrogens (tertiary/aromatic N) is 1. The van der Waals surface area contributed by atoms with Crippen molar-refractivity contribution >= 4 is 34.5 Å². The number of aromatic hydroxyl groups is 1. The normalized spacial score (nSPS) is 11.9. The van der Waals surface area contributed by atoms with E-state index in [1.54, 1.807) is 6.07 Å². The van der Waals surface area contributed by atoms with Crippen LogP contribution in [0.5, 0.6) is 5.75 Å². The molecule has 0 fully saturated rings. The first-order valence-electron chi connectivity index (χ1n) is 5.97. The molecule has 1 aromatic carbocycles. The van der Waals surface area contributed by atoms with E-state index < -0.39 is 17.9 Å². The van der Waals surface area contributed by atoms with Crippen molar-refractivity contribution in [3.63, 3.8) is 0 Å². The fraction of sp³-hybridized carbons (Fsp3) is 0.154. The molecule has 21 heavy (non-hydrogen) atoms. The number of carbonyl (C=O) groups excluding carboxylic acids is 1. The Morgan fingerprint density at radius 1 is 1.43 bits per heavy atom. The summed E-state index contributed by atoms with van der Waals surface area (Å²) in [4.78, 5) is 29.8. The molecule has 1 aromatic heterocycles. The van der Waals surface area contributed by atoms with Gasteiger partial charge in [-0.25, -0.2) is 9.78 Å². The van der Waals surface area contributed by atoms with Gasteiger partial charge < -0.3 is 20.5 Å². The highest BCUT2D eigenvalue weighted by Crippen LogP contribution is 2.20. The quantitative estimate of drug-likeness (QED) is 0.561. The standard InChI is InChI=1S/C13H12IN3O4/c14-9-2-1-7(3-11(9)18)12(19)17-10(13(20)21)4-8-5-15-6-16-8/h1-3,5-6,10,18H,4H2,(H,15,16)(H,17,19)(H,20,21). The maximum Gasteiger partial charge on any atom is 0.326 e. The molecule has 0 spiro atoms. The average molecular weight is 401 g/mol. The Balaban J connectivity index is 2.10. The number of aromatic nitrogens is 2. The lowest BCUT2D eigenvalue weighted by atomic mass is 10.1. The van der Waals surface area contributed by atoms with Gasteiger partial charge in [-0.2, -0.15) is 0 Å². The summed E-state index contributed by atoms with van der Waals surface area (Å²) in [6, 6.07) is 3.31. The third-order valence-electron chi connectivity index (χ3n) is 2.79. The first-order chi connectivity index (χ1) is 9.97. The molecule has 4 N–H and O–H groups in total. The van der Waals surface area contributed by atoms with Crippen molar-refractivity contribution in [3.05, 3.63) is 45.6 Å². The summed E-state index contributed by atoms with van der Waals surface area (Å²) >= 11 is 1.93. The van der Waals surface area contributed by atoms with Gasteiger partial charge in [0.05, 0.1) is 9.90 Å². The summed E-state index contributed by atoms with van der Waals surface area (Å²) in [6.07, 6.45) is 3.03. The first kappa shape index (κ1) is 15.3. The van der Waals surface area contributed by atoms with Gasteiger partial charge in [-0.3, -0.25) is 4.79 Å². The molecule has 0 bridgehead atoms. The lowest BCUT2D eigenvalue weighted by Crippen LogP contribution is -2.42. The van der Waals surface area contributed by atoms with Gasteiger partial charge in [0.1, 0.15) is 11.8 Å². The summed E-state index contributed by atoms with van der Waals surface area (Å²) in [5, 5.41) is 21.2. The minimum Gasteiger partial charge on any atom is -0.507 e. The van der Waals surface area contributed by atoms with Gasteiger partial charge in [0.2, 0.25) is 0 Å². The summed E-state index contributed by atoms with van der Waals surface area (Å²) in [7, 11) is 0. The predicted octanol–water partition coefficient (Wildman–Crippen LogP) is 1.15. The molecular formula is C13H12IN3O4. The zero-order valence-electron chi connectivity index (χ0n) is 10.7. The molecule has 0 saturated heterocycles. The van der Waals surface area contributed by atoms with Crippen molar-refractivity contribution in [2.45, 2.75) is 12.5 Å². The van der Waals surface area contributed by atoms with Gasteiger partial charge in [-0.1, -0.05) is 0 Å². The average Bonchev–Trinajstić information content (AvgIpc) is 2.93. The zero-order valence-corrected chi connectivity index (χ0v) is 12.9. The number of nitrogens with one attached hydrogen (secondary N) is 2. The second-order valence-corrected chi connectivity index (χ2v) is 5.47. The molecule has 2 rings (SSSR count). The molecule has 0 radical (unpaired) electrons. The van der Waals surface area contributed by atoms with Crippen LogP contribution in [-0.2, 0) is 11.2 Å². The lowest BCUT2D eigenvalue weighted by molar-refractivity contribution is -0.139. The predicted molar refractivity (Wildman–Crippen MR) is 82.0 cm³/mol. The third-order valence-corrected chi connectivity index (χ3v) is 3.70. The van der Waals surface area contributed by atoms with E-state index in [1.165, 1.54) is 24.7 Å². The van der Waals surface area contributed by atoms with Gasteiger partial charge in [0.25, 0.3) is 5.91 Å². The molecule has 1 heterocycles. The fourth-order valence-electron chi connectivity index (χ4n) is 1.71. The molecule has 0 aliphatic heterocycles. The number of benzene rings is 1. The second kappa shape index (κ2) is 6.57. The molecule has 0 saturated carbocycles. The van der Waals surface area contributed by atoms with E-state index >= 15 is 0 Å².